The van der Waals surface area contributed by atoms with Crippen LogP contribution in [0.1, 0.15) is 93.9 Å². The highest BCUT2D eigenvalue weighted by atomic mass is 16.5. The first-order valence-electron chi connectivity index (χ1n) is 22.0. The van der Waals surface area contributed by atoms with Crippen molar-refractivity contribution in [3.63, 3.8) is 0 Å². The minimum Gasteiger partial charge on any atom is -0.497 e. The van der Waals surface area contributed by atoms with Crippen LogP contribution in [-0.4, -0.2) is 83.9 Å². The predicted molar refractivity (Wildman–Crippen MR) is 246 cm³/mol. The SMILES string of the molecule is CC[C@H]1C(=O)N(Cc2ccc(OC)cc2)/C(=C/C2=NC(=C\c3[nH]c(/C=C4\[C@H]([C@H](C)O)[C@@H](C)C(=O)N4Cc4ccc(OC)cc4)c(C)c3CCC(=O)OC)/C(CCC(=O)OC)=C2C)[C@@H]1C. The van der Waals surface area contributed by atoms with Crippen LogP contribution in [0.15, 0.2) is 87.8 Å². The molecule has 2 aromatic carbocycles. The van der Waals surface area contributed by atoms with Crippen molar-refractivity contribution in [2.45, 2.75) is 92.8 Å². The van der Waals surface area contributed by atoms with Crippen LogP contribution in [0.25, 0.3) is 12.2 Å². The van der Waals surface area contributed by atoms with Gasteiger partial charge in [0, 0.05) is 59.3 Å². The molecule has 2 N–H and O–H groups in total. The van der Waals surface area contributed by atoms with Gasteiger partial charge in [0.25, 0.3) is 0 Å². The number of H-pyrrole nitrogens is 1. The van der Waals surface area contributed by atoms with Crippen molar-refractivity contribution >= 4 is 41.6 Å². The molecule has 2 saturated heterocycles. The van der Waals surface area contributed by atoms with E-state index in [1.54, 1.807) is 26.0 Å². The molecule has 3 aliphatic heterocycles. The Bertz CT molecular complexity index is 2400. The molecular weight excluding hydrogens is 813 g/mol. The Balaban J connectivity index is 1.47. The molecule has 0 radical (unpaired) electrons. The average molecular weight is 875 g/mol. The number of esters is 2. The van der Waals surface area contributed by atoms with Crippen LogP contribution >= 0.6 is 0 Å². The molecule has 4 heterocycles. The van der Waals surface area contributed by atoms with E-state index in [4.69, 9.17) is 23.9 Å². The molecular formula is C51H62N4O9. The summed E-state index contributed by atoms with van der Waals surface area (Å²) in [4.78, 5) is 65.4. The van der Waals surface area contributed by atoms with Gasteiger partial charge >= 0.3 is 11.9 Å². The number of aliphatic imine (C=N–C) groups is 1. The van der Waals surface area contributed by atoms with Gasteiger partial charge in [-0.1, -0.05) is 45.0 Å². The molecule has 3 aromatic rings. The van der Waals surface area contributed by atoms with Crippen molar-refractivity contribution in [1.29, 1.82) is 0 Å². The summed E-state index contributed by atoms with van der Waals surface area (Å²) in [7, 11) is 5.96. The lowest BCUT2D eigenvalue weighted by molar-refractivity contribution is -0.141. The molecule has 5 atom stereocenters. The number of allylic oxidation sites excluding steroid dienone is 4. The third-order valence-electron chi connectivity index (χ3n) is 13.1. The van der Waals surface area contributed by atoms with Crippen molar-refractivity contribution in [3.8, 4) is 11.5 Å². The summed E-state index contributed by atoms with van der Waals surface area (Å²) in [5.74, 6) is -0.482. The molecule has 340 valence electrons. The highest BCUT2D eigenvalue weighted by Crippen LogP contribution is 2.42. The summed E-state index contributed by atoms with van der Waals surface area (Å²) in [6, 6.07) is 15.3. The van der Waals surface area contributed by atoms with Crippen LogP contribution in [0, 0.1) is 30.6 Å². The van der Waals surface area contributed by atoms with E-state index in [1.165, 1.54) is 14.2 Å². The van der Waals surface area contributed by atoms with E-state index < -0.39 is 17.9 Å². The molecule has 0 unspecified atom stereocenters. The largest absolute Gasteiger partial charge is 0.497 e. The molecule has 1 aromatic heterocycles. The van der Waals surface area contributed by atoms with Gasteiger partial charge in [0.2, 0.25) is 11.8 Å². The number of nitrogens with zero attached hydrogens (tertiary/aromatic N) is 3. The fourth-order valence-corrected chi connectivity index (χ4v) is 9.25. The number of aromatic amines is 1. The number of nitrogens with one attached hydrogen (secondary N) is 1. The van der Waals surface area contributed by atoms with Crippen LogP contribution in [0.2, 0.25) is 0 Å². The molecule has 2 amide bonds. The lowest BCUT2D eigenvalue weighted by atomic mass is 9.89. The fraction of sp³-hybridized carbons (Fsp3) is 0.431. The maximum Gasteiger partial charge on any atom is 0.305 e. The lowest BCUT2D eigenvalue weighted by Crippen LogP contribution is -2.26. The van der Waals surface area contributed by atoms with Crippen LogP contribution in [0.3, 0.4) is 0 Å². The normalized spacial score (nSPS) is 22.3. The number of aliphatic hydroxyl groups is 1. The predicted octanol–water partition coefficient (Wildman–Crippen LogP) is 8.12. The molecule has 0 spiro atoms. The van der Waals surface area contributed by atoms with E-state index in [0.717, 1.165) is 44.8 Å². The number of hydrogen-bond donors (Lipinski definition) is 2. The second-order valence-corrected chi connectivity index (χ2v) is 16.9. The van der Waals surface area contributed by atoms with E-state index in [1.807, 2.05) is 99.4 Å². The second-order valence-electron chi connectivity index (χ2n) is 16.9. The van der Waals surface area contributed by atoms with Gasteiger partial charge in [0.15, 0.2) is 0 Å². The zero-order chi connectivity index (χ0) is 46.4. The molecule has 13 heteroatoms. The van der Waals surface area contributed by atoms with E-state index in [9.17, 15) is 24.3 Å². The van der Waals surface area contributed by atoms with Crippen molar-refractivity contribution in [1.82, 2.24) is 14.8 Å². The second kappa shape index (κ2) is 20.5. The molecule has 6 rings (SSSR count). The number of benzene rings is 2. The Kier molecular flexibility index (Phi) is 15.2. The number of likely N-dealkylation sites (tertiary alicyclic amines) is 2. The van der Waals surface area contributed by atoms with Gasteiger partial charge in [-0.05, 0) is 116 Å². The van der Waals surface area contributed by atoms with Crippen LogP contribution in [-0.2, 0) is 48.2 Å². The first kappa shape index (κ1) is 47.3. The maximum atomic E-state index is 13.9. The van der Waals surface area contributed by atoms with Gasteiger partial charge in [-0.2, -0.15) is 0 Å². The van der Waals surface area contributed by atoms with E-state index >= 15 is 0 Å². The molecule has 3 aliphatic rings. The van der Waals surface area contributed by atoms with Gasteiger partial charge in [0.05, 0.1) is 59.0 Å². The van der Waals surface area contributed by atoms with Gasteiger partial charge in [-0.3, -0.25) is 19.2 Å². The van der Waals surface area contributed by atoms with E-state index in [2.05, 4.69) is 11.9 Å². The quantitative estimate of drug-likeness (QED) is 0.128. The Morgan fingerprint density at radius 3 is 1.83 bits per heavy atom. The fourth-order valence-electron chi connectivity index (χ4n) is 9.25. The summed E-state index contributed by atoms with van der Waals surface area (Å²) in [5, 5.41) is 11.1. The molecule has 64 heavy (non-hydrogen) atoms. The Hall–Kier alpha value is -6.21. The topological polar surface area (TPSA) is 160 Å². The number of rotatable bonds is 17. The van der Waals surface area contributed by atoms with Crippen LogP contribution < -0.4 is 9.47 Å². The first-order valence-corrected chi connectivity index (χ1v) is 22.0. The zero-order valence-corrected chi connectivity index (χ0v) is 38.7. The first-order chi connectivity index (χ1) is 30.6. The number of aliphatic hydroxyl groups excluding tert-OH is 1. The summed E-state index contributed by atoms with van der Waals surface area (Å²) < 4.78 is 20.8. The molecule has 0 aliphatic carbocycles. The molecule has 0 saturated carbocycles. The van der Waals surface area contributed by atoms with Gasteiger partial charge in [-0.25, -0.2) is 4.99 Å². The van der Waals surface area contributed by atoms with E-state index in [-0.39, 0.29) is 48.4 Å². The third kappa shape index (κ3) is 9.94. The summed E-state index contributed by atoms with van der Waals surface area (Å²) >= 11 is 0. The summed E-state index contributed by atoms with van der Waals surface area (Å²) in [6.45, 7) is 12.3. The molecule has 13 nitrogen and oxygen atoms in total. The Labute approximate surface area is 376 Å². The average Bonchev–Trinajstić information content (AvgIpc) is 3.91. The number of hydrogen-bond acceptors (Lipinski definition) is 10. The molecule has 0 bridgehead atoms. The van der Waals surface area contributed by atoms with Crippen LogP contribution in [0.5, 0.6) is 11.5 Å². The highest BCUT2D eigenvalue weighted by Gasteiger charge is 2.44. The van der Waals surface area contributed by atoms with Crippen molar-refractivity contribution in [3.05, 3.63) is 116 Å². The van der Waals surface area contributed by atoms with Crippen molar-refractivity contribution in [2.24, 2.45) is 28.7 Å². The van der Waals surface area contributed by atoms with Gasteiger partial charge in [-0.15, -0.1) is 0 Å². The Morgan fingerprint density at radius 1 is 0.766 bits per heavy atom. The highest BCUT2D eigenvalue weighted by molar-refractivity contribution is 6.13. The lowest BCUT2D eigenvalue weighted by Gasteiger charge is -2.23. The van der Waals surface area contributed by atoms with Crippen LogP contribution in [0.4, 0.5) is 0 Å². The maximum absolute atomic E-state index is 13.9. The summed E-state index contributed by atoms with van der Waals surface area (Å²) in [6.07, 6.45) is 6.72. The number of amides is 2. The van der Waals surface area contributed by atoms with Crippen molar-refractivity contribution < 1.29 is 43.2 Å². The molecule has 2 fully saturated rings. The smallest absolute Gasteiger partial charge is 0.305 e. The van der Waals surface area contributed by atoms with E-state index in [0.29, 0.717) is 66.6 Å². The Morgan fingerprint density at radius 2 is 1.31 bits per heavy atom. The number of methoxy groups -OCH3 is 4. The number of aromatic nitrogens is 1. The number of ether oxygens (including phenoxy) is 4. The number of carbonyl (C=O) groups excluding carboxylic acids is 4. The monoisotopic (exact) mass is 874 g/mol. The summed E-state index contributed by atoms with van der Waals surface area (Å²) in [5.41, 5.74) is 9.61. The van der Waals surface area contributed by atoms with Crippen molar-refractivity contribution in [2.75, 3.05) is 28.4 Å². The number of carbonyl (C=O) groups is 4. The van der Waals surface area contributed by atoms with Gasteiger partial charge in [0.1, 0.15) is 11.5 Å². The third-order valence-corrected chi connectivity index (χ3v) is 13.1. The minimum absolute atomic E-state index is 0.0655. The standard InChI is InChI=1S/C51H62N4O9/c1-11-38-31(4)45(54(51(38)60)27-34-12-16-36(61-7)17-13-34)25-41-29(2)39(20-22-47(57)63-9)43(52-41)24-44-40(21-23-48(58)64-10)30(3)42(53-44)26-46-49(33(6)56)32(5)50(59)55(46)28-35-14-18-37(62-8)19-15-35/h12-19,24-26,31-33,38,49,53,56H,11,20-23,27-28H2,1-10H3/b43-24-,45-25+,46-26+/t31-,32-,33+,38-,49+/m1/s1. The minimum atomic E-state index is -0.815. The zero-order valence-electron chi connectivity index (χ0n) is 38.7. The van der Waals surface area contributed by atoms with Gasteiger partial charge < -0.3 is 38.8 Å².